The number of amides is 2. The SMILES string of the molecule is Cc1nc2cc(-c3n[nH]c4ccc(N5CCC6(CCN(CC(=O)N7CC=C(c8ncc(-c9ncn(C)n9)s8)CC7)C6)C5=O)nc34)ccc2o1. The summed E-state index contributed by atoms with van der Waals surface area (Å²) in [6, 6.07) is 9.57. The molecule has 1 N–H and O–H groups in total. The van der Waals surface area contributed by atoms with Gasteiger partial charge >= 0.3 is 0 Å². The number of fused-ring (bicyclic) bond motifs is 2. The van der Waals surface area contributed by atoms with E-state index in [1.54, 1.807) is 27.2 Å². The number of nitrogens with zero attached hydrogens (tertiary/aromatic N) is 10. The van der Waals surface area contributed by atoms with Gasteiger partial charge in [-0.15, -0.1) is 11.3 Å². The van der Waals surface area contributed by atoms with E-state index >= 15 is 0 Å². The van der Waals surface area contributed by atoms with Crippen LogP contribution < -0.4 is 4.90 Å². The van der Waals surface area contributed by atoms with Crippen LogP contribution in [0.5, 0.6) is 0 Å². The minimum atomic E-state index is -0.508. The third kappa shape index (κ3) is 5.20. The topological polar surface area (TPSA) is 155 Å². The van der Waals surface area contributed by atoms with Crippen LogP contribution in [0.25, 0.3) is 49.7 Å². The lowest BCUT2D eigenvalue weighted by Crippen LogP contribution is -2.43. The number of pyridine rings is 1. The third-order valence-electron chi connectivity index (χ3n) is 9.90. The van der Waals surface area contributed by atoms with Crippen molar-refractivity contribution in [2.24, 2.45) is 12.5 Å². The molecule has 3 aliphatic heterocycles. The van der Waals surface area contributed by atoms with Gasteiger partial charge < -0.3 is 9.32 Å². The number of anilines is 1. The molecule has 1 unspecified atom stereocenters. The second kappa shape index (κ2) is 11.4. The van der Waals surface area contributed by atoms with Gasteiger partial charge in [0.05, 0.1) is 22.4 Å². The van der Waals surface area contributed by atoms with Crippen molar-refractivity contribution in [3.05, 3.63) is 59.8 Å². The molecule has 2 fully saturated rings. The fourth-order valence-corrected chi connectivity index (χ4v) is 8.22. The van der Waals surface area contributed by atoms with Crippen molar-refractivity contribution in [3.8, 4) is 22.0 Å². The number of aryl methyl sites for hydroxylation is 2. The monoisotopic (exact) mass is 675 g/mol. The molecule has 15 heteroatoms. The molecular weight excluding hydrogens is 643 g/mol. The van der Waals surface area contributed by atoms with E-state index in [0.717, 1.165) is 56.9 Å². The van der Waals surface area contributed by atoms with Crippen LogP contribution in [0.4, 0.5) is 5.82 Å². The van der Waals surface area contributed by atoms with Crippen LogP contribution in [0.1, 0.15) is 30.2 Å². The molecule has 49 heavy (non-hydrogen) atoms. The molecule has 2 amide bonds. The summed E-state index contributed by atoms with van der Waals surface area (Å²) < 4.78 is 7.31. The highest BCUT2D eigenvalue weighted by atomic mass is 32.1. The number of carbonyl (C=O) groups excluding carboxylic acids is 2. The predicted octanol–water partition coefficient (Wildman–Crippen LogP) is 4.07. The number of H-pyrrole nitrogens is 1. The van der Waals surface area contributed by atoms with E-state index in [-0.39, 0.29) is 11.8 Å². The van der Waals surface area contributed by atoms with Gasteiger partial charge in [0.25, 0.3) is 0 Å². The first kappa shape index (κ1) is 29.8. The second-order valence-corrected chi connectivity index (χ2v) is 14.1. The first-order valence-corrected chi connectivity index (χ1v) is 17.2. The molecule has 0 bridgehead atoms. The lowest BCUT2D eigenvalue weighted by molar-refractivity contribution is -0.132. The molecule has 0 saturated carbocycles. The largest absolute Gasteiger partial charge is 0.441 e. The molecule has 14 nitrogen and oxygen atoms in total. The number of rotatable bonds is 6. The number of oxazole rings is 1. The van der Waals surface area contributed by atoms with Crippen molar-refractivity contribution in [2.75, 3.05) is 44.2 Å². The lowest BCUT2D eigenvalue weighted by atomic mass is 9.85. The summed E-state index contributed by atoms with van der Waals surface area (Å²) >= 11 is 1.57. The minimum absolute atomic E-state index is 0.0769. The number of aromatic amines is 1. The van der Waals surface area contributed by atoms with E-state index in [1.165, 1.54) is 0 Å². The maximum atomic E-state index is 14.0. The summed E-state index contributed by atoms with van der Waals surface area (Å²) in [6.07, 6.45) is 7.80. The molecule has 5 aromatic heterocycles. The van der Waals surface area contributed by atoms with Crippen molar-refractivity contribution >= 4 is 56.7 Å². The highest BCUT2D eigenvalue weighted by Gasteiger charge is 2.51. The van der Waals surface area contributed by atoms with Gasteiger partial charge in [-0.1, -0.05) is 6.08 Å². The van der Waals surface area contributed by atoms with Crippen LogP contribution in [-0.2, 0) is 16.6 Å². The van der Waals surface area contributed by atoms with E-state index < -0.39 is 5.41 Å². The number of thiazole rings is 1. The Morgan fingerprint density at radius 1 is 1.10 bits per heavy atom. The highest BCUT2D eigenvalue weighted by Crippen LogP contribution is 2.42. The summed E-state index contributed by atoms with van der Waals surface area (Å²) in [4.78, 5) is 52.5. The maximum absolute atomic E-state index is 14.0. The number of hydrogen-bond donors (Lipinski definition) is 1. The Labute approximate surface area is 284 Å². The summed E-state index contributed by atoms with van der Waals surface area (Å²) in [6.45, 7) is 5.20. The Morgan fingerprint density at radius 3 is 2.84 bits per heavy atom. The Bertz CT molecular complexity index is 2300. The zero-order valence-corrected chi connectivity index (χ0v) is 27.9. The molecule has 0 radical (unpaired) electrons. The van der Waals surface area contributed by atoms with Gasteiger partial charge in [-0.25, -0.2) is 19.9 Å². The van der Waals surface area contributed by atoms with Crippen LogP contribution in [0.15, 0.2) is 53.3 Å². The lowest BCUT2D eigenvalue weighted by Gasteiger charge is -2.28. The highest BCUT2D eigenvalue weighted by molar-refractivity contribution is 7.16. The molecule has 1 aromatic carbocycles. The van der Waals surface area contributed by atoms with Crippen LogP contribution in [0, 0.1) is 12.3 Å². The second-order valence-electron chi connectivity index (χ2n) is 13.1. The minimum Gasteiger partial charge on any atom is -0.441 e. The first-order valence-electron chi connectivity index (χ1n) is 16.4. The molecule has 1 atom stereocenters. The van der Waals surface area contributed by atoms with Crippen molar-refractivity contribution in [1.82, 2.24) is 49.7 Å². The van der Waals surface area contributed by atoms with Crippen molar-refractivity contribution in [2.45, 2.75) is 26.2 Å². The van der Waals surface area contributed by atoms with Crippen LogP contribution in [0.3, 0.4) is 0 Å². The molecule has 3 aliphatic rings. The first-order chi connectivity index (χ1) is 23.8. The quantitative estimate of drug-likeness (QED) is 0.273. The zero-order valence-electron chi connectivity index (χ0n) is 27.1. The van der Waals surface area contributed by atoms with E-state index in [0.29, 0.717) is 68.0 Å². The average molecular weight is 676 g/mol. The Kier molecular flexibility index (Phi) is 6.95. The average Bonchev–Trinajstić information content (AvgIpc) is 3.96. The fourth-order valence-electron chi connectivity index (χ4n) is 7.30. The number of likely N-dealkylation sites (tertiary alicyclic amines) is 1. The van der Waals surface area contributed by atoms with Gasteiger partial charge in [0.15, 0.2) is 17.3 Å². The van der Waals surface area contributed by atoms with Crippen molar-refractivity contribution < 1.29 is 14.0 Å². The van der Waals surface area contributed by atoms with Crippen LogP contribution >= 0.6 is 11.3 Å². The van der Waals surface area contributed by atoms with Gasteiger partial charge in [0.1, 0.15) is 33.9 Å². The smallest absolute Gasteiger partial charge is 0.237 e. The van der Waals surface area contributed by atoms with Gasteiger partial charge in [0.2, 0.25) is 11.8 Å². The van der Waals surface area contributed by atoms with E-state index in [2.05, 4.69) is 41.2 Å². The predicted molar refractivity (Wildman–Crippen MR) is 183 cm³/mol. The summed E-state index contributed by atoms with van der Waals surface area (Å²) in [7, 11) is 1.84. The van der Waals surface area contributed by atoms with Crippen LogP contribution in [-0.4, -0.2) is 101 Å². The molecule has 9 rings (SSSR count). The molecule has 2 saturated heterocycles. The van der Waals surface area contributed by atoms with Crippen molar-refractivity contribution in [3.63, 3.8) is 0 Å². The number of carbonyl (C=O) groups is 2. The molecule has 0 aliphatic carbocycles. The summed E-state index contributed by atoms with van der Waals surface area (Å²) in [5.74, 6) is 2.06. The summed E-state index contributed by atoms with van der Waals surface area (Å²) in [5.41, 5.74) is 5.17. The zero-order chi connectivity index (χ0) is 33.3. The Hall–Kier alpha value is -5.28. The van der Waals surface area contributed by atoms with Gasteiger partial charge in [-0.3, -0.25) is 29.2 Å². The maximum Gasteiger partial charge on any atom is 0.237 e. The van der Waals surface area contributed by atoms with Gasteiger partial charge in [0, 0.05) is 51.9 Å². The van der Waals surface area contributed by atoms with E-state index in [9.17, 15) is 9.59 Å². The van der Waals surface area contributed by atoms with Gasteiger partial charge in [-0.2, -0.15) is 10.2 Å². The van der Waals surface area contributed by atoms with Crippen molar-refractivity contribution in [1.29, 1.82) is 0 Å². The van der Waals surface area contributed by atoms with Gasteiger partial charge in [-0.05, 0) is 61.7 Å². The number of benzene rings is 1. The number of hydrogen-bond acceptors (Lipinski definition) is 11. The van der Waals surface area contributed by atoms with E-state index in [1.807, 2.05) is 55.4 Å². The molecule has 8 heterocycles. The summed E-state index contributed by atoms with van der Waals surface area (Å²) in [5, 5.41) is 12.9. The standard InChI is InChI=1S/C34H33N11O3S/c1-20-37-24-15-22(3-5-25(24)48-20)29-30-23(39-40-29)4-6-27(38-30)45-14-10-34(33(45)47)9-13-43(18-34)17-28(46)44-11-7-21(8-12-44)32-35-16-26(49-32)31-36-19-42(2)41-31/h3-7,15-16,19H,8-14,17-18H2,1-2H3,(H,39,40). The molecule has 1 spiro atoms. The molecule has 248 valence electrons. The Morgan fingerprint density at radius 2 is 2.00 bits per heavy atom. The number of nitrogens with one attached hydrogen (secondary N) is 1. The fraction of sp³-hybridized carbons (Fsp3) is 0.353. The van der Waals surface area contributed by atoms with Crippen LogP contribution in [0.2, 0.25) is 0 Å². The molecular formula is C34H33N11O3S. The Balaban J connectivity index is 0.851. The number of aromatic nitrogens is 8. The normalized spacial score (nSPS) is 20.0. The van der Waals surface area contributed by atoms with E-state index in [4.69, 9.17) is 9.40 Å². The molecule has 6 aromatic rings. The third-order valence-corrected chi connectivity index (χ3v) is 11.0.